The van der Waals surface area contributed by atoms with Gasteiger partial charge in [-0.1, -0.05) is 13.8 Å². The third kappa shape index (κ3) is 5.67. The molecule has 1 aromatic rings. The van der Waals surface area contributed by atoms with E-state index in [0.717, 1.165) is 37.2 Å². The van der Waals surface area contributed by atoms with E-state index < -0.39 is 0 Å². The van der Waals surface area contributed by atoms with E-state index in [0.29, 0.717) is 37.7 Å². The minimum absolute atomic E-state index is 0.00428. The van der Waals surface area contributed by atoms with Crippen molar-refractivity contribution in [1.82, 2.24) is 14.8 Å². The van der Waals surface area contributed by atoms with E-state index in [2.05, 4.69) is 29.0 Å². The summed E-state index contributed by atoms with van der Waals surface area (Å²) in [5.41, 5.74) is 1.03. The van der Waals surface area contributed by atoms with Crippen LogP contribution in [0.4, 0.5) is 9.93 Å². The number of likely N-dealkylation sites (tertiary alicyclic amines) is 2. The van der Waals surface area contributed by atoms with E-state index in [1.165, 1.54) is 17.8 Å². The molecule has 1 aromatic heterocycles. The van der Waals surface area contributed by atoms with E-state index in [4.69, 9.17) is 4.74 Å². The Morgan fingerprint density at radius 3 is 2.57 bits per heavy atom. The molecule has 0 saturated carbocycles. The lowest BCUT2D eigenvalue weighted by Gasteiger charge is -2.34. The van der Waals surface area contributed by atoms with Crippen LogP contribution in [0, 0.1) is 17.8 Å². The molecule has 28 heavy (non-hydrogen) atoms. The van der Waals surface area contributed by atoms with Gasteiger partial charge in [0.1, 0.15) is 0 Å². The van der Waals surface area contributed by atoms with Gasteiger partial charge in [-0.2, -0.15) is 0 Å². The van der Waals surface area contributed by atoms with Gasteiger partial charge in [-0.15, -0.1) is 11.3 Å². The largest absolute Gasteiger partial charge is 0.450 e. The molecule has 3 rings (SSSR count). The normalized spacial score (nSPS) is 24.2. The highest BCUT2D eigenvalue weighted by Crippen LogP contribution is 2.25. The van der Waals surface area contributed by atoms with Crippen molar-refractivity contribution in [2.75, 3.05) is 38.1 Å². The molecule has 2 aliphatic heterocycles. The number of thiazole rings is 1. The lowest BCUT2D eigenvalue weighted by Crippen LogP contribution is -2.41. The first-order chi connectivity index (χ1) is 13.4. The van der Waals surface area contributed by atoms with Gasteiger partial charge >= 0.3 is 6.09 Å². The number of nitrogens with one attached hydrogen (secondary N) is 1. The Morgan fingerprint density at radius 1 is 1.25 bits per heavy atom. The highest BCUT2D eigenvalue weighted by molar-refractivity contribution is 7.13. The van der Waals surface area contributed by atoms with Crippen LogP contribution >= 0.6 is 11.3 Å². The van der Waals surface area contributed by atoms with Crippen molar-refractivity contribution in [3.05, 3.63) is 11.1 Å². The van der Waals surface area contributed by atoms with Crippen molar-refractivity contribution in [3.8, 4) is 0 Å². The van der Waals surface area contributed by atoms with Gasteiger partial charge in [0.15, 0.2) is 5.13 Å². The number of aromatic nitrogens is 1. The Hall–Kier alpha value is -1.67. The quantitative estimate of drug-likeness (QED) is 0.808. The molecular weight excluding hydrogens is 376 g/mol. The van der Waals surface area contributed by atoms with Crippen molar-refractivity contribution in [2.45, 2.75) is 46.6 Å². The summed E-state index contributed by atoms with van der Waals surface area (Å²) in [6.07, 6.45) is 2.33. The number of carbonyl (C=O) groups excluding carboxylic acids is 2. The topological polar surface area (TPSA) is 74.8 Å². The molecule has 7 nitrogen and oxygen atoms in total. The summed E-state index contributed by atoms with van der Waals surface area (Å²) in [5.74, 6) is 1.37. The minimum atomic E-state index is -0.285. The van der Waals surface area contributed by atoms with Crippen LogP contribution in [-0.4, -0.2) is 59.6 Å². The van der Waals surface area contributed by atoms with Crippen LogP contribution in [0.15, 0.2) is 5.38 Å². The summed E-state index contributed by atoms with van der Waals surface area (Å²) in [6.45, 7) is 11.0. The Kier molecular flexibility index (Phi) is 7.29. The third-order valence-corrected chi connectivity index (χ3v) is 6.31. The molecule has 2 atom stereocenters. The summed E-state index contributed by atoms with van der Waals surface area (Å²) in [6, 6.07) is 0. The second-order valence-corrected chi connectivity index (χ2v) is 9.09. The van der Waals surface area contributed by atoms with Gasteiger partial charge in [0, 0.05) is 44.0 Å². The smallest absolute Gasteiger partial charge is 0.409 e. The highest BCUT2D eigenvalue weighted by Gasteiger charge is 2.28. The zero-order valence-electron chi connectivity index (χ0n) is 17.1. The van der Waals surface area contributed by atoms with Crippen molar-refractivity contribution in [2.24, 2.45) is 17.8 Å². The first-order valence-electron chi connectivity index (χ1n) is 10.3. The molecule has 0 spiro atoms. The zero-order valence-corrected chi connectivity index (χ0v) is 18.0. The number of hydrogen-bond donors (Lipinski definition) is 1. The molecular formula is C20H32N4O3S. The zero-order chi connectivity index (χ0) is 20.1. The maximum atomic E-state index is 12.6. The fourth-order valence-corrected chi connectivity index (χ4v) is 5.04. The Bertz CT molecular complexity index is 662. The molecule has 0 unspecified atom stereocenters. The van der Waals surface area contributed by atoms with Crippen molar-refractivity contribution in [1.29, 1.82) is 0 Å². The van der Waals surface area contributed by atoms with Gasteiger partial charge in [-0.25, -0.2) is 9.78 Å². The van der Waals surface area contributed by atoms with Gasteiger partial charge in [-0.3, -0.25) is 9.69 Å². The predicted octanol–water partition coefficient (Wildman–Crippen LogP) is 3.43. The number of ether oxygens (including phenoxy) is 1. The van der Waals surface area contributed by atoms with Crippen molar-refractivity contribution < 1.29 is 14.3 Å². The fourth-order valence-electron chi connectivity index (χ4n) is 4.33. The monoisotopic (exact) mass is 408 g/mol. The van der Waals surface area contributed by atoms with Crippen molar-refractivity contribution in [3.63, 3.8) is 0 Å². The summed E-state index contributed by atoms with van der Waals surface area (Å²) >= 11 is 1.49. The van der Waals surface area contributed by atoms with Gasteiger partial charge in [0.05, 0.1) is 12.3 Å². The maximum absolute atomic E-state index is 12.6. The summed E-state index contributed by atoms with van der Waals surface area (Å²) in [4.78, 5) is 33.1. The van der Waals surface area contributed by atoms with Crippen LogP contribution in [0.2, 0.25) is 0 Å². The second-order valence-electron chi connectivity index (χ2n) is 8.23. The molecule has 3 heterocycles. The molecule has 1 N–H and O–H groups in total. The summed E-state index contributed by atoms with van der Waals surface area (Å²) in [5, 5.41) is 5.69. The molecule has 0 radical (unpaired) electrons. The molecule has 2 amide bonds. The van der Waals surface area contributed by atoms with Crippen LogP contribution in [-0.2, 0) is 16.1 Å². The molecule has 0 bridgehead atoms. The van der Waals surface area contributed by atoms with E-state index in [1.807, 2.05) is 5.38 Å². The Balaban J connectivity index is 1.46. The van der Waals surface area contributed by atoms with E-state index >= 15 is 0 Å². The number of piperidine rings is 2. The SMILES string of the molecule is CCOC(=O)N1CCC(C(=O)Nc2nc(CN3C[C@@H](C)C[C@H](C)C3)cs2)CC1. The van der Waals surface area contributed by atoms with Gasteiger partial charge in [0.2, 0.25) is 5.91 Å². The number of nitrogens with zero attached hydrogens (tertiary/aromatic N) is 3. The molecule has 0 aromatic carbocycles. The van der Waals surface area contributed by atoms with Crippen LogP contribution < -0.4 is 5.32 Å². The van der Waals surface area contributed by atoms with Crippen LogP contribution in [0.1, 0.15) is 45.7 Å². The predicted molar refractivity (Wildman–Crippen MR) is 110 cm³/mol. The highest BCUT2D eigenvalue weighted by atomic mass is 32.1. The van der Waals surface area contributed by atoms with E-state index in [-0.39, 0.29) is 17.9 Å². The maximum Gasteiger partial charge on any atom is 0.409 e. The molecule has 2 aliphatic rings. The van der Waals surface area contributed by atoms with Gasteiger partial charge < -0.3 is 15.0 Å². The molecule has 0 aliphatic carbocycles. The van der Waals surface area contributed by atoms with Crippen LogP contribution in [0.25, 0.3) is 0 Å². The Labute approximate surface area is 171 Å². The van der Waals surface area contributed by atoms with Gasteiger partial charge in [-0.05, 0) is 38.0 Å². The number of amides is 2. The average Bonchev–Trinajstić information content (AvgIpc) is 3.08. The van der Waals surface area contributed by atoms with Crippen LogP contribution in [0.5, 0.6) is 0 Å². The summed E-state index contributed by atoms with van der Waals surface area (Å²) in [7, 11) is 0. The van der Waals surface area contributed by atoms with Gasteiger partial charge in [0.25, 0.3) is 0 Å². The molecule has 2 saturated heterocycles. The second kappa shape index (κ2) is 9.69. The molecule has 8 heteroatoms. The number of carbonyl (C=O) groups is 2. The van der Waals surface area contributed by atoms with Crippen molar-refractivity contribution >= 4 is 28.5 Å². The van der Waals surface area contributed by atoms with E-state index in [9.17, 15) is 9.59 Å². The number of hydrogen-bond acceptors (Lipinski definition) is 6. The van der Waals surface area contributed by atoms with Crippen LogP contribution in [0.3, 0.4) is 0 Å². The molecule has 156 valence electrons. The average molecular weight is 409 g/mol. The number of rotatable bonds is 5. The first-order valence-corrected chi connectivity index (χ1v) is 11.2. The standard InChI is InChI=1S/C20H32N4O3S/c1-4-27-20(26)24-7-5-16(6-8-24)18(25)22-19-21-17(13-28-19)12-23-10-14(2)9-15(3)11-23/h13-16H,4-12H2,1-3H3,(H,21,22,25)/t14-,15-/m0/s1. The molecule has 2 fully saturated rings. The lowest BCUT2D eigenvalue weighted by molar-refractivity contribution is -0.121. The summed E-state index contributed by atoms with van der Waals surface area (Å²) < 4.78 is 5.03. The fraction of sp³-hybridized carbons (Fsp3) is 0.750. The third-order valence-electron chi connectivity index (χ3n) is 5.50. The Morgan fingerprint density at radius 2 is 1.93 bits per heavy atom. The minimum Gasteiger partial charge on any atom is -0.450 e. The van der Waals surface area contributed by atoms with E-state index in [1.54, 1.807) is 11.8 Å². The number of anilines is 1. The lowest BCUT2D eigenvalue weighted by atomic mass is 9.92. The first kappa shape index (κ1) is 21.0.